The molecule has 0 bridgehead atoms. The number of urea groups is 1. The molecule has 1 fully saturated rings. The van der Waals surface area contributed by atoms with Crippen molar-refractivity contribution in [1.29, 1.82) is 0 Å². The van der Waals surface area contributed by atoms with Gasteiger partial charge in [0.05, 0.1) is 4.90 Å². The fourth-order valence-electron chi connectivity index (χ4n) is 3.61. The number of halogens is 1. The first-order chi connectivity index (χ1) is 15.5. The van der Waals surface area contributed by atoms with Crippen molar-refractivity contribution in [2.45, 2.75) is 31.2 Å². The van der Waals surface area contributed by atoms with Crippen LogP contribution in [0.25, 0.3) is 0 Å². The number of amides is 4. The summed E-state index contributed by atoms with van der Waals surface area (Å²) < 4.78 is 26.8. The van der Waals surface area contributed by atoms with Crippen LogP contribution in [0.4, 0.5) is 10.5 Å². The summed E-state index contributed by atoms with van der Waals surface area (Å²) in [6.07, 6.45) is 0. The summed E-state index contributed by atoms with van der Waals surface area (Å²) in [6, 6.07) is 11.6. The first kappa shape index (κ1) is 24.7. The Hall–Kier alpha value is -2.95. The number of nitrogens with zero attached hydrogens (tertiary/aromatic N) is 2. The van der Waals surface area contributed by atoms with Crippen LogP contribution >= 0.6 is 11.6 Å². The molecule has 1 atom stereocenters. The van der Waals surface area contributed by atoms with Crippen LogP contribution < -0.4 is 10.6 Å². The van der Waals surface area contributed by atoms with Crippen LogP contribution in [0, 0.1) is 0 Å². The molecule has 0 radical (unpaired) electrons. The van der Waals surface area contributed by atoms with Crippen molar-refractivity contribution in [2.75, 3.05) is 25.0 Å². The Morgan fingerprint density at radius 2 is 1.76 bits per heavy atom. The molecule has 11 heteroatoms. The van der Waals surface area contributed by atoms with E-state index in [1.54, 1.807) is 45.0 Å². The molecule has 1 aliphatic rings. The van der Waals surface area contributed by atoms with Gasteiger partial charge in [-0.25, -0.2) is 13.2 Å². The standard InChI is InChI=1S/C22H25ClN4O5S/c1-4-26(5-2)33(31,32)18-8-6-7-17(13-18)24-19(28)14-27-20(29)22(3,25-21(27)30)15-9-11-16(23)12-10-15/h6-13H,4-5,14H2,1-3H3,(H,24,28)(H,25,30). The minimum absolute atomic E-state index is 0.0364. The van der Waals surface area contributed by atoms with Crippen LogP contribution in [0.5, 0.6) is 0 Å². The molecule has 1 unspecified atom stereocenters. The summed E-state index contributed by atoms with van der Waals surface area (Å²) in [5, 5.41) is 5.66. The number of hydrogen-bond donors (Lipinski definition) is 2. The number of rotatable bonds is 8. The van der Waals surface area contributed by atoms with Crippen molar-refractivity contribution in [1.82, 2.24) is 14.5 Å². The first-order valence-electron chi connectivity index (χ1n) is 10.3. The van der Waals surface area contributed by atoms with Crippen LogP contribution in [0.1, 0.15) is 26.3 Å². The van der Waals surface area contributed by atoms with Crippen molar-refractivity contribution < 1.29 is 22.8 Å². The molecule has 2 aromatic rings. The molecule has 0 aliphatic carbocycles. The monoisotopic (exact) mass is 492 g/mol. The number of benzene rings is 2. The van der Waals surface area contributed by atoms with Crippen molar-refractivity contribution >= 4 is 45.2 Å². The summed E-state index contributed by atoms with van der Waals surface area (Å²) in [5.41, 5.74) is -0.567. The second kappa shape index (κ2) is 9.50. The predicted octanol–water partition coefficient (Wildman–Crippen LogP) is 2.78. The average molecular weight is 493 g/mol. The average Bonchev–Trinajstić information content (AvgIpc) is 2.99. The second-order valence-corrected chi connectivity index (χ2v) is 9.99. The molecule has 9 nitrogen and oxygen atoms in total. The molecular formula is C22H25ClN4O5S. The van der Waals surface area contributed by atoms with E-state index >= 15 is 0 Å². The van der Waals surface area contributed by atoms with Gasteiger partial charge in [-0.2, -0.15) is 4.31 Å². The lowest BCUT2D eigenvalue weighted by Crippen LogP contribution is -2.42. The summed E-state index contributed by atoms with van der Waals surface area (Å²) in [5.74, 6) is -1.22. The van der Waals surface area contributed by atoms with Crippen molar-refractivity contribution in [3.8, 4) is 0 Å². The summed E-state index contributed by atoms with van der Waals surface area (Å²) >= 11 is 5.90. The molecule has 0 aromatic heterocycles. The quantitative estimate of drug-likeness (QED) is 0.550. The summed E-state index contributed by atoms with van der Waals surface area (Å²) in [4.78, 5) is 38.9. The van der Waals surface area contributed by atoms with Crippen LogP contribution in [0.2, 0.25) is 5.02 Å². The molecule has 33 heavy (non-hydrogen) atoms. The first-order valence-corrected chi connectivity index (χ1v) is 12.1. The van der Waals surface area contributed by atoms with Gasteiger partial charge in [-0.15, -0.1) is 0 Å². The van der Waals surface area contributed by atoms with Crippen LogP contribution in [0.15, 0.2) is 53.4 Å². The lowest BCUT2D eigenvalue weighted by molar-refractivity contribution is -0.133. The number of carbonyl (C=O) groups excluding carboxylic acids is 3. The van der Waals surface area contributed by atoms with Gasteiger partial charge in [-0.05, 0) is 42.8 Å². The normalized spacial score (nSPS) is 18.5. The number of imide groups is 1. The van der Waals surface area contributed by atoms with E-state index in [0.29, 0.717) is 23.7 Å². The summed E-state index contributed by atoms with van der Waals surface area (Å²) in [7, 11) is -3.70. The summed E-state index contributed by atoms with van der Waals surface area (Å²) in [6.45, 7) is 5.13. The Labute approximate surface area is 197 Å². The highest BCUT2D eigenvalue weighted by molar-refractivity contribution is 7.89. The van der Waals surface area contributed by atoms with E-state index < -0.39 is 40.0 Å². The Kier molecular flexibility index (Phi) is 7.11. The van der Waals surface area contributed by atoms with Crippen LogP contribution in [0.3, 0.4) is 0 Å². The number of anilines is 1. The number of sulfonamides is 1. The third-order valence-electron chi connectivity index (χ3n) is 5.46. The zero-order valence-electron chi connectivity index (χ0n) is 18.5. The topological polar surface area (TPSA) is 116 Å². The van der Waals surface area contributed by atoms with Crippen LogP contribution in [-0.2, 0) is 25.2 Å². The van der Waals surface area contributed by atoms with Crippen molar-refractivity contribution in [3.63, 3.8) is 0 Å². The molecule has 0 spiro atoms. The maximum absolute atomic E-state index is 13.0. The lowest BCUT2D eigenvalue weighted by atomic mass is 9.92. The van der Waals surface area contributed by atoms with Gasteiger partial charge < -0.3 is 10.6 Å². The zero-order valence-corrected chi connectivity index (χ0v) is 20.0. The van der Waals surface area contributed by atoms with E-state index in [9.17, 15) is 22.8 Å². The lowest BCUT2D eigenvalue weighted by Gasteiger charge is -2.22. The van der Waals surface area contributed by atoms with Crippen molar-refractivity contribution in [2.24, 2.45) is 0 Å². The Morgan fingerprint density at radius 1 is 1.12 bits per heavy atom. The third kappa shape index (κ3) is 4.87. The molecule has 1 heterocycles. The molecular weight excluding hydrogens is 468 g/mol. The van der Waals surface area contributed by atoms with Gasteiger partial charge in [0.2, 0.25) is 15.9 Å². The SMILES string of the molecule is CCN(CC)S(=O)(=O)c1cccc(NC(=O)CN2C(=O)NC(C)(c3ccc(Cl)cc3)C2=O)c1. The van der Waals surface area contributed by atoms with E-state index in [1.807, 2.05) is 0 Å². The Balaban J connectivity index is 1.74. The van der Waals surface area contributed by atoms with Gasteiger partial charge >= 0.3 is 6.03 Å². The second-order valence-electron chi connectivity index (χ2n) is 7.62. The van der Waals surface area contributed by atoms with Gasteiger partial charge in [0.25, 0.3) is 5.91 Å². The molecule has 1 saturated heterocycles. The molecule has 176 valence electrons. The van der Waals surface area contributed by atoms with Gasteiger partial charge in [-0.3, -0.25) is 14.5 Å². The highest BCUT2D eigenvalue weighted by Gasteiger charge is 2.49. The fourth-order valence-corrected chi connectivity index (χ4v) is 5.24. The highest BCUT2D eigenvalue weighted by Crippen LogP contribution is 2.29. The molecule has 0 saturated carbocycles. The van der Waals surface area contributed by atoms with Gasteiger partial charge in [0, 0.05) is 23.8 Å². The largest absolute Gasteiger partial charge is 0.325 e. The van der Waals surface area contributed by atoms with Gasteiger partial charge in [0.1, 0.15) is 12.1 Å². The maximum Gasteiger partial charge on any atom is 0.325 e. The number of nitrogens with one attached hydrogen (secondary N) is 2. The molecule has 2 N–H and O–H groups in total. The van der Waals surface area contributed by atoms with Crippen molar-refractivity contribution in [3.05, 3.63) is 59.1 Å². The smallest absolute Gasteiger partial charge is 0.324 e. The predicted molar refractivity (Wildman–Crippen MR) is 124 cm³/mol. The third-order valence-corrected chi connectivity index (χ3v) is 7.76. The van der Waals surface area contributed by atoms with E-state index in [-0.39, 0.29) is 10.6 Å². The Bertz CT molecular complexity index is 1180. The minimum atomic E-state index is -3.70. The number of hydrogen-bond acceptors (Lipinski definition) is 5. The van der Waals surface area contributed by atoms with E-state index in [4.69, 9.17) is 11.6 Å². The fraction of sp³-hybridized carbons (Fsp3) is 0.318. The van der Waals surface area contributed by atoms with Gasteiger partial charge in [-0.1, -0.05) is 43.6 Å². The van der Waals surface area contributed by atoms with Gasteiger partial charge in [0.15, 0.2) is 0 Å². The van der Waals surface area contributed by atoms with E-state index in [1.165, 1.54) is 28.6 Å². The van der Waals surface area contributed by atoms with E-state index in [0.717, 1.165) is 4.90 Å². The Morgan fingerprint density at radius 3 is 2.36 bits per heavy atom. The molecule has 2 aromatic carbocycles. The minimum Gasteiger partial charge on any atom is -0.324 e. The molecule has 1 aliphatic heterocycles. The maximum atomic E-state index is 13.0. The highest BCUT2D eigenvalue weighted by atomic mass is 35.5. The van der Waals surface area contributed by atoms with Crippen LogP contribution in [-0.4, -0.2) is 55.1 Å². The zero-order chi connectivity index (χ0) is 24.4. The van der Waals surface area contributed by atoms with E-state index in [2.05, 4.69) is 10.6 Å². The number of carbonyl (C=O) groups is 3. The molecule has 4 amide bonds. The molecule has 3 rings (SSSR count).